The van der Waals surface area contributed by atoms with Crippen LogP contribution >= 0.6 is 0 Å². The molecule has 0 aromatic heterocycles. The molecule has 0 heterocycles. The van der Waals surface area contributed by atoms with E-state index in [0.29, 0.717) is 5.06 Å². The van der Waals surface area contributed by atoms with Gasteiger partial charge in [0.15, 0.2) is 5.78 Å². The second-order valence-corrected chi connectivity index (χ2v) is 5.96. The van der Waals surface area contributed by atoms with Crippen molar-refractivity contribution in [2.24, 2.45) is 0 Å². The van der Waals surface area contributed by atoms with E-state index in [9.17, 15) is 20.0 Å². The zero-order valence-corrected chi connectivity index (χ0v) is 13.2. The van der Waals surface area contributed by atoms with Crippen molar-refractivity contribution in [3.63, 3.8) is 0 Å². The Morgan fingerprint density at radius 1 is 1.05 bits per heavy atom. The number of carbonyl (C=O) groups is 2. The minimum absolute atomic E-state index is 0.153. The second-order valence-electron chi connectivity index (χ2n) is 5.96. The fraction of sp³-hybridized carbons (Fsp3) is 0.846. The first-order valence-corrected chi connectivity index (χ1v) is 6.44. The van der Waals surface area contributed by atoms with Gasteiger partial charge in [-0.05, 0) is 48.5 Å². The van der Waals surface area contributed by atoms with Crippen molar-refractivity contribution in [2.75, 3.05) is 6.54 Å². The van der Waals surface area contributed by atoms with Crippen LogP contribution in [0.3, 0.4) is 0 Å². The Balaban J connectivity index is 4.62. The maximum absolute atomic E-state index is 11.9. The highest BCUT2D eigenvalue weighted by Crippen LogP contribution is 2.19. The van der Waals surface area contributed by atoms with Gasteiger partial charge in [-0.3, -0.25) is 9.59 Å². The van der Waals surface area contributed by atoms with Crippen LogP contribution in [0.1, 0.15) is 48.5 Å². The summed E-state index contributed by atoms with van der Waals surface area (Å²) in [4.78, 5) is 27.7. The minimum atomic E-state index is -1.32. The fourth-order valence-corrected chi connectivity index (χ4v) is 1.09. The Bertz CT molecular complexity index is 334. The Hall–Kier alpha value is -0.860. The minimum Gasteiger partial charge on any atom is -0.784 e. The van der Waals surface area contributed by atoms with Gasteiger partial charge >= 0.3 is 0 Å². The third-order valence-corrected chi connectivity index (χ3v) is 3.50. The van der Waals surface area contributed by atoms with Gasteiger partial charge in [0, 0.05) is 6.54 Å². The Morgan fingerprint density at radius 3 is 1.80 bits per heavy atom. The summed E-state index contributed by atoms with van der Waals surface area (Å²) in [5.41, 5.74) is -2.50. The largest absolute Gasteiger partial charge is 0.784 e. The van der Waals surface area contributed by atoms with Crippen LogP contribution < -0.4 is 0 Å². The normalized spacial score (nSPS) is 14.8. The highest BCUT2D eigenvalue weighted by atomic mass is 16.9. The molecule has 0 aromatic carbocycles. The first-order valence-electron chi connectivity index (χ1n) is 6.44. The van der Waals surface area contributed by atoms with E-state index >= 15 is 0 Å². The van der Waals surface area contributed by atoms with Gasteiger partial charge < -0.3 is 20.3 Å². The first kappa shape index (κ1) is 19.1. The van der Waals surface area contributed by atoms with Crippen molar-refractivity contribution in [1.29, 1.82) is 0 Å². The maximum Gasteiger partial charge on any atom is 0.150 e. The van der Waals surface area contributed by atoms with Gasteiger partial charge in [-0.25, -0.2) is 5.23 Å². The van der Waals surface area contributed by atoms with E-state index in [1.54, 1.807) is 0 Å². The lowest BCUT2D eigenvalue weighted by atomic mass is 10.00. The molecule has 20 heavy (non-hydrogen) atoms. The molecule has 0 aliphatic rings. The standard InChI is InChI=1S/C13H24N2O5/c1-9(8-14(18)12(4,5)10(2)16)20-15(19)13(6,7)11(3)17/h9H,8H2,1-7H3/q-2. The van der Waals surface area contributed by atoms with Gasteiger partial charge in [-0.15, -0.1) is 0 Å². The summed E-state index contributed by atoms with van der Waals surface area (Å²) >= 11 is 0. The number of hydrogen-bond donors (Lipinski definition) is 0. The molecule has 0 bridgehead atoms. The fourth-order valence-electron chi connectivity index (χ4n) is 1.09. The lowest BCUT2D eigenvalue weighted by Crippen LogP contribution is -2.51. The Morgan fingerprint density at radius 2 is 1.45 bits per heavy atom. The molecule has 7 heteroatoms. The number of ketones is 2. The monoisotopic (exact) mass is 288 g/mol. The quantitative estimate of drug-likeness (QED) is 0.626. The van der Waals surface area contributed by atoms with E-state index < -0.39 is 17.2 Å². The van der Waals surface area contributed by atoms with Crippen molar-refractivity contribution in [3.05, 3.63) is 10.4 Å². The summed E-state index contributed by atoms with van der Waals surface area (Å²) in [6, 6.07) is 0. The topological polar surface area (TPSA) is 96.0 Å². The summed E-state index contributed by atoms with van der Waals surface area (Å²) < 4.78 is 0. The lowest BCUT2D eigenvalue weighted by molar-refractivity contribution is -0.210. The molecule has 0 rings (SSSR count). The molecule has 1 unspecified atom stereocenters. The molecule has 0 radical (unpaired) electrons. The molecule has 7 nitrogen and oxygen atoms in total. The molecule has 0 aliphatic carbocycles. The van der Waals surface area contributed by atoms with Gasteiger partial charge in [0.2, 0.25) is 0 Å². The highest BCUT2D eigenvalue weighted by molar-refractivity contribution is 5.85. The Labute approximate surface area is 120 Å². The molecule has 0 saturated carbocycles. The molecular weight excluding hydrogens is 264 g/mol. The summed E-state index contributed by atoms with van der Waals surface area (Å²) in [5.74, 6) is -0.620. The van der Waals surface area contributed by atoms with Crippen LogP contribution in [0.15, 0.2) is 0 Å². The number of hydroxylamine groups is 4. The molecule has 0 N–H and O–H groups in total. The number of nitrogens with zero attached hydrogens (tertiary/aromatic N) is 2. The smallest absolute Gasteiger partial charge is 0.150 e. The predicted octanol–water partition coefficient (Wildman–Crippen LogP) is 1.64. The van der Waals surface area contributed by atoms with Crippen molar-refractivity contribution in [1.82, 2.24) is 10.3 Å². The van der Waals surface area contributed by atoms with E-state index in [2.05, 4.69) is 0 Å². The van der Waals surface area contributed by atoms with E-state index in [4.69, 9.17) is 4.84 Å². The molecule has 0 aromatic rings. The summed E-state index contributed by atoms with van der Waals surface area (Å²) in [6.45, 7) is 9.87. The molecule has 0 aliphatic heterocycles. The summed E-state index contributed by atoms with van der Waals surface area (Å²) in [7, 11) is 0. The van der Waals surface area contributed by atoms with E-state index in [-0.39, 0.29) is 23.3 Å². The maximum atomic E-state index is 11.9. The first-order chi connectivity index (χ1) is 8.83. The SMILES string of the molecule is CC(=O)C(C)(C)N([O-])CC(C)ON([O-])C(C)(C)C(C)=O. The average molecular weight is 288 g/mol. The van der Waals surface area contributed by atoms with Gasteiger partial charge in [0.25, 0.3) is 0 Å². The molecule has 0 spiro atoms. The van der Waals surface area contributed by atoms with E-state index in [0.717, 1.165) is 0 Å². The third kappa shape index (κ3) is 4.60. The van der Waals surface area contributed by atoms with Crippen LogP contribution in [0.25, 0.3) is 0 Å². The van der Waals surface area contributed by atoms with E-state index in [1.165, 1.54) is 48.5 Å². The van der Waals surface area contributed by atoms with Crippen LogP contribution in [-0.2, 0) is 14.4 Å². The molecule has 1 atom stereocenters. The van der Waals surface area contributed by atoms with Crippen LogP contribution in [0.5, 0.6) is 0 Å². The average Bonchev–Trinajstić information content (AvgIpc) is 2.27. The van der Waals surface area contributed by atoms with Crippen molar-refractivity contribution in [3.8, 4) is 0 Å². The Kier molecular flexibility index (Phi) is 6.44. The van der Waals surface area contributed by atoms with Crippen LogP contribution in [0, 0.1) is 10.4 Å². The van der Waals surface area contributed by atoms with Crippen LogP contribution in [0.2, 0.25) is 0 Å². The van der Waals surface area contributed by atoms with E-state index in [1.807, 2.05) is 0 Å². The zero-order valence-electron chi connectivity index (χ0n) is 13.2. The van der Waals surface area contributed by atoms with Gasteiger partial charge in [-0.2, -0.15) is 0 Å². The zero-order chi connectivity index (χ0) is 16.3. The van der Waals surface area contributed by atoms with Gasteiger partial charge in [-0.1, -0.05) is 0 Å². The summed E-state index contributed by atoms with van der Waals surface area (Å²) in [6.07, 6.45) is -0.748. The summed E-state index contributed by atoms with van der Waals surface area (Å²) in [5, 5.41) is 24.5. The molecule has 0 fully saturated rings. The van der Waals surface area contributed by atoms with Crippen molar-refractivity contribution < 1.29 is 14.4 Å². The number of Topliss-reactive ketones (excluding diaryl/α,β-unsaturated/α-hetero) is 2. The molecule has 0 saturated heterocycles. The number of carbonyl (C=O) groups excluding carboxylic acids is 2. The van der Waals surface area contributed by atoms with Crippen LogP contribution in [0.4, 0.5) is 0 Å². The molecular formula is C13H24N2O5-2. The van der Waals surface area contributed by atoms with Crippen molar-refractivity contribution in [2.45, 2.75) is 65.6 Å². The predicted molar refractivity (Wildman–Crippen MR) is 75.3 cm³/mol. The third-order valence-electron chi connectivity index (χ3n) is 3.50. The van der Waals surface area contributed by atoms with Crippen molar-refractivity contribution >= 4 is 11.6 Å². The molecule has 118 valence electrons. The lowest BCUT2D eigenvalue weighted by Gasteiger charge is -2.46. The van der Waals surface area contributed by atoms with Gasteiger partial charge in [0.05, 0.1) is 17.2 Å². The number of hydrogen-bond acceptors (Lipinski definition) is 7. The van der Waals surface area contributed by atoms with Gasteiger partial charge in [0.1, 0.15) is 5.78 Å². The highest BCUT2D eigenvalue weighted by Gasteiger charge is 2.29. The molecule has 0 amide bonds. The number of rotatable bonds is 8. The van der Waals surface area contributed by atoms with Crippen LogP contribution in [-0.4, -0.2) is 45.6 Å². The second kappa shape index (κ2) is 6.73.